The van der Waals surface area contributed by atoms with Crippen LogP contribution in [0.4, 0.5) is 10.2 Å². The molecule has 2 heterocycles. The van der Waals surface area contributed by atoms with Crippen molar-refractivity contribution < 1.29 is 4.39 Å². The molecule has 3 nitrogen and oxygen atoms in total. The average Bonchev–Trinajstić information content (AvgIpc) is 2.98. The Morgan fingerprint density at radius 2 is 2.00 bits per heavy atom. The summed E-state index contributed by atoms with van der Waals surface area (Å²) in [4.78, 5) is 9.42. The lowest BCUT2D eigenvalue weighted by molar-refractivity contribution is 0.627. The fourth-order valence-electron chi connectivity index (χ4n) is 1.87. The number of nitrogens with zero attached hydrogens (tertiary/aromatic N) is 2. The van der Waals surface area contributed by atoms with Gasteiger partial charge in [-0.2, -0.15) is 0 Å². The van der Waals surface area contributed by atoms with Crippen molar-refractivity contribution >= 4 is 27.4 Å². The van der Waals surface area contributed by atoms with E-state index in [1.807, 2.05) is 11.4 Å². The van der Waals surface area contributed by atoms with Gasteiger partial charge < -0.3 is 5.32 Å². The van der Waals surface area contributed by atoms with Crippen LogP contribution < -0.4 is 5.32 Å². The highest BCUT2D eigenvalue weighted by atomic mass is 32.1. The van der Waals surface area contributed by atoms with Crippen LogP contribution in [0.25, 0.3) is 10.2 Å². The van der Waals surface area contributed by atoms with E-state index in [1.54, 1.807) is 29.8 Å². The molecule has 0 amide bonds. The highest BCUT2D eigenvalue weighted by Gasteiger charge is 2.02. The van der Waals surface area contributed by atoms with Crippen LogP contribution in [-0.2, 0) is 0 Å². The van der Waals surface area contributed by atoms with Gasteiger partial charge in [0, 0.05) is 18.5 Å². The maximum atomic E-state index is 12.7. The lowest BCUT2D eigenvalue weighted by atomic mass is 10.2. The molecular formula is C16H12FN3S. The first-order valence-electron chi connectivity index (χ1n) is 6.49. The lowest BCUT2D eigenvalue weighted by Gasteiger charge is -2.03. The lowest BCUT2D eigenvalue weighted by Crippen LogP contribution is -2.02. The van der Waals surface area contributed by atoms with Crippen LogP contribution in [0.3, 0.4) is 0 Å². The van der Waals surface area contributed by atoms with Gasteiger partial charge in [0.05, 0.1) is 5.39 Å². The molecule has 0 radical (unpaired) electrons. The number of aromatic nitrogens is 2. The Morgan fingerprint density at radius 3 is 2.86 bits per heavy atom. The number of halogens is 1. The molecule has 0 saturated carbocycles. The molecule has 0 spiro atoms. The predicted octanol–water partition coefficient (Wildman–Crippen LogP) is 3.68. The standard InChI is InChI=1S/C16H12FN3S/c17-13-6-4-12(5-7-13)3-1-2-9-18-15-14-8-10-21-16(14)20-11-19-15/h4-8,10-11H,2,9H2,(H,18,19,20). The van der Waals surface area contributed by atoms with Gasteiger partial charge in [-0.1, -0.05) is 11.8 Å². The van der Waals surface area contributed by atoms with Crippen LogP contribution in [-0.4, -0.2) is 16.5 Å². The zero-order valence-electron chi connectivity index (χ0n) is 11.1. The maximum Gasteiger partial charge on any atom is 0.138 e. The van der Waals surface area contributed by atoms with Gasteiger partial charge in [0.15, 0.2) is 0 Å². The Hall–Kier alpha value is -2.45. The summed E-state index contributed by atoms with van der Waals surface area (Å²) in [5.74, 6) is 6.65. The molecule has 21 heavy (non-hydrogen) atoms. The third-order valence-corrected chi connectivity index (χ3v) is 3.70. The van der Waals surface area contributed by atoms with Crippen LogP contribution in [0.15, 0.2) is 42.0 Å². The van der Waals surface area contributed by atoms with Crippen molar-refractivity contribution in [2.24, 2.45) is 0 Å². The molecule has 0 unspecified atom stereocenters. The molecule has 0 aliphatic rings. The van der Waals surface area contributed by atoms with E-state index in [0.29, 0.717) is 13.0 Å². The Labute approximate surface area is 125 Å². The molecule has 0 bridgehead atoms. The summed E-state index contributed by atoms with van der Waals surface area (Å²) in [6.45, 7) is 0.705. The number of rotatable bonds is 3. The summed E-state index contributed by atoms with van der Waals surface area (Å²) >= 11 is 1.59. The average molecular weight is 297 g/mol. The Morgan fingerprint density at radius 1 is 1.14 bits per heavy atom. The summed E-state index contributed by atoms with van der Waals surface area (Å²) in [6.07, 6.45) is 2.25. The monoisotopic (exact) mass is 297 g/mol. The van der Waals surface area contributed by atoms with Crippen molar-refractivity contribution in [1.82, 2.24) is 9.97 Å². The molecule has 1 aromatic carbocycles. The number of fused-ring (bicyclic) bond motifs is 1. The summed E-state index contributed by atoms with van der Waals surface area (Å²) in [6, 6.07) is 8.18. The molecule has 0 fully saturated rings. The zero-order chi connectivity index (χ0) is 14.5. The number of hydrogen-bond acceptors (Lipinski definition) is 4. The van der Waals surface area contributed by atoms with Gasteiger partial charge in [0.2, 0.25) is 0 Å². The molecule has 104 valence electrons. The molecule has 0 atom stereocenters. The number of hydrogen-bond donors (Lipinski definition) is 1. The third kappa shape index (κ3) is 3.36. The highest BCUT2D eigenvalue weighted by Crippen LogP contribution is 2.23. The number of nitrogens with one attached hydrogen (secondary N) is 1. The van der Waals surface area contributed by atoms with Crippen molar-refractivity contribution in [3.8, 4) is 11.8 Å². The second-order valence-corrected chi connectivity index (χ2v) is 5.24. The van der Waals surface area contributed by atoms with Crippen molar-refractivity contribution in [2.45, 2.75) is 6.42 Å². The summed E-state index contributed by atoms with van der Waals surface area (Å²) in [5, 5.41) is 6.30. The largest absolute Gasteiger partial charge is 0.368 e. The van der Waals surface area contributed by atoms with Gasteiger partial charge in [-0.3, -0.25) is 0 Å². The quantitative estimate of drug-likeness (QED) is 0.592. The second kappa shape index (κ2) is 6.33. The van der Waals surface area contributed by atoms with Crippen LogP contribution in [0.1, 0.15) is 12.0 Å². The smallest absolute Gasteiger partial charge is 0.138 e. The molecule has 0 saturated heterocycles. The molecule has 2 aromatic heterocycles. The Bertz CT molecular complexity index is 799. The fraction of sp³-hybridized carbons (Fsp3) is 0.125. The predicted molar refractivity (Wildman–Crippen MR) is 83.8 cm³/mol. The molecule has 5 heteroatoms. The SMILES string of the molecule is Fc1ccc(C#CCCNc2ncnc3sccc23)cc1. The number of thiophene rings is 1. The fourth-order valence-corrected chi connectivity index (χ4v) is 2.60. The van der Waals surface area contributed by atoms with E-state index in [2.05, 4.69) is 27.1 Å². The molecular weight excluding hydrogens is 285 g/mol. The third-order valence-electron chi connectivity index (χ3n) is 2.88. The summed E-state index contributed by atoms with van der Waals surface area (Å²) in [5.41, 5.74) is 0.818. The second-order valence-electron chi connectivity index (χ2n) is 4.35. The first-order chi connectivity index (χ1) is 10.3. The number of anilines is 1. The van der Waals surface area contributed by atoms with Gasteiger partial charge in [-0.15, -0.1) is 11.3 Å². The Balaban J connectivity index is 1.57. The van der Waals surface area contributed by atoms with Crippen LogP contribution in [0, 0.1) is 17.7 Å². The van der Waals surface area contributed by atoms with E-state index in [4.69, 9.17) is 0 Å². The Kier molecular flexibility index (Phi) is 4.08. The van der Waals surface area contributed by atoms with E-state index in [1.165, 1.54) is 12.1 Å². The van der Waals surface area contributed by atoms with Crippen LogP contribution in [0.5, 0.6) is 0 Å². The van der Waals surface area contributed by atoms with Crippen molar-refractivity contribution in [2.75, 3.05) is 11.9 Å². The summed E-state index contributed by atoms with van der Waals surface area (Å²) < 4.78 is 12.7. The van der Waals surface area contributed by atoms with E-state index in [9.17, 15) is 4.39 Å². The van der Waals surface area contributed by atoms with Gasteiger partial charge >= 0.3 is 0 Å². The van der Waals surface area contributed by atoms with E-state index >= 15 is 0 Å². The van der Waals surface area contributed by atoms with Crippen molar-refractivity contribution in [1.29, 1.82) is 0 Å². The minimum atomic E-state index is -0.245. The minimum absolute atomic E-state index is 0.245. The highest BCUT2D eigenvalue weighted by molar-refractivity contribution is 7.16. The van der Waals surface area contributed by atoms with E-state index < -0.39 is 0 Å². The zero-order valence-corrected chi connectivity index (χ0v) is 12.0. The van der Waals surface area contributed by atoms with Crippen molar-refractivity contribution in [3.05, 3.63) is 53.4 Å². The van der Waals surface area contributed by atoms with E-state index in [0.717, 1.165) is 21.6 Å². The molecule has 1 N–H and O–H groups in total. The van der Waals surface area contributed by atoms with Gasteiger partial charge in [0.1, 0.15) is 22.8 Å². The maximum absolute atomic E-state index is 12.7. The molecule has 0 aliphatic carbocycles. The van der Waals surface area contributed by atoms with Gasteiger partial charge in [-0.05, 0) is 35.7 Å². The summed E-state index contributed by atoms with van der Waals surface area (Å²) in [7, 11) is 0. The molecule has 3 rings (SSSR count). The van der Waals surface area contributed by atoms with Gasteiger partial charge in [0.25, 0.3) is 0 Å². The first-order valence-corrected chi connectivity index (χ1v) is 7.37. The molecule has 3 aromatic rings. The van der Waals surface area contributed by atoms with Crippen LogP contribution in [0.2, 0.25) is 0 Å². The minimum Gasteiger partial charge on any atom is -0.368 e. The van der Waals surface area contributed by atoms with E-state index in [-0.39, 0.29) is 5.82 Å². The normalized spacial score (nSPS) is 10.1. The first kappa shape index (κ1) is 13.5. The molecule has 0 aliphatic heterocycles. The number of benzene rings is 1. The topological polar surface area (TPSA) is 37.8 Å². The van der Waals surface area contributed by atoms with Crippen LogP contribution >= 0.6 is 11.3 Å². The van der Waals surface area contributed by atoms with Crippen molar-refractivity contribution in [3.63, 3.8) is 0 Å². The van der Waals surface area contributed by atoms with Gasteiger partial charge in [-0.25, -0.2) is 14.4 Å².